The van der Waals surface area contributed by atoms with Crippen LogP contribution < -0.4 is 5.32 Å². The minimum Gasteiger partial charge on any atom is -0.467 e. The number of nitrogens with one attached hydrogen (secondary N) is 1. The first kappa shape index (κ1) is 14.1. The van der Waals surface area contributed by atoms with Crippen molar-refractivity contribution in [2.24, 2.45) is 0 Å². The summed E-state index contributed by atoms with van der Waals surface area (Å²) in [6.45, 7) is 1.71. The van der Waals surface area contributed by atoms with Gasteiger partial charge < -0.3 is 10.1 Å². The molecule has 0 aromatic heterocycles. The molecule has 104 valence electrons. The summed E-state index contributed by atoms with van der Waals surface area (Å²) in [6.07, 6.45) is 0. The molecule has 20 heavy (non-hydrogen) atoms. The van der Waals surface area contributed by atoms with Crippen LogP contribution in [0.2, 0.25) is 0 Å². The standard InChI is InChI=1S/C16H16FNO2/c1-16(15(19)20-2,12-8-10-13(17)11-9-12)18-14-6-4-3-5-7-14/h3-11,18H,1-2H3. The lowest BCUT2D eigenvalue weighted by Crippen LogP contribution is -2.41. The lowest BCUT2D eigenvalue weighted by atomic mass is 9.91. The number of hydrogen-bond acceptors (Lipinski definition) is 3. The van der Waals surface area contributed by atoms with E-state index in [-0.39, 0.29) is 5.82 Å². The highest BCUT2D eigenvalue weighted by Gasteiger charge is 2.36. The van der Waals surface area contributed by atoms with Crippen molar-refractivity contribution in [3.05, 3.63) is 66.0 Å². The fraction of sp³-hybridized carbons (Fsp3) is 0.188. The molecule has 0 saturated carbocycles. The number of halogens is 1. The first-order chi connectivity index (χ1) is 9.56. The van der Waals surface area contributed by atoms with Gasteiger partial charge in [-0.05, 0) is 36.8 Å². The summed E-state index contributed by atoms with van der Waals surface area (Å²) in [7, 11) is 1.33. The van der Waals surface area contributed by atoms with Crippen molar-refractivity contribution < 1.29 is 13.9 Å². The Morgan fingerprint density at radius 2 is 1.70 bits per heavy atom. The molecule has 4 heteroatoms. The number of rotatable bonds is 4. The minimum absolute atomic E-state index is 0.347. The van der Waals surface area contributed by atoms with Crippen molar-refractivity contribution in [1.82, 2.24) is 0 Å². The van der Waals surface area contributed by atoms with E-state index in [1.165, 1.54) is 19.2 Å². The summed E-state index contributed by atoms with van der Waals surface area (Å²) in [5, 5.41) is 3.14. The number of carbonyl (C=O) groups is 1. The van der Waals surface area contributed by atoms with Crippen LogP contribution in [0.15, 0.2) is 54.6 Å². The van der Waals surface area contributed by atoms with Gasteiger partial charge in [0.15, 0.2) is 5.54 Å². The Morgan fingerprint density at radius 3 is 2.25 bits per heavy atom. The third-order valence-corrected chi connectivity index (χ3v) is 3.18. The van der Waals surface area contributed by atoms with Crippen molar-refractivity contribution >= 4 is 11.7 Å². The quantitative estimate of drug-likeness (QED) is 0.868. The Balaban J connectivity index is 2.40. The predicted molar refractivity (Wildman–Crippen MR) is 75.8 cm³/mol. The third kappa shape index (κ3) is 2.79. The summed E-state index contributed by atoms with van der Waals surface area (Å²) < 4.78 is 17.9. The Labute approximate surface area is 117 Å². The molecule has 0 amide bonds. The van der Waals surface area contributed by atoms with Crippen LogP contribution in [0, 0.1) is 5.82 Å². The molecule has 0 aliphatic heterocycles. The zero-order valence-electron chi connectivity index (χ0n) is 11.4. The summed E-state index contributed by atoms with van der Waals surface area (Å²) in [5.74, 6) is -0.784. The van der Waals surface area contributed by atoms with Crippen LogP contribution in [-0.2, 0) is 15.1 Å². The average molecular weight is 273 g/mol. The first-order valence-corrected chi connectivity index (χ1v) is 6.24. The maximum atomic E-state index is 13.0. The first-order valence-electron chi connectivity index (χ1n) is 6.24. The Hall–Kier alpha value is -2.36. The van der Waals surface area contributed by atoms with E-state index in [9.17, 15) is 9.18 Å². The molecule has 2 rings (SSSR count). The van der Waals surface area contributed by atoms with Gasteiger partial charge in [-0.3, -0.25) is 0 Å². The van der Waals surface area contributed by atoms with E-state index >= 15 is 0 Å². The van der Waals surface area contributed by atoms with Crippen LogP contribution in [-0.4, -0.2) is 13.1 Å². The molecule has 2 aromatic carbocycles. The highest BCUT2D eigenvalue weighted by atomic mass is 19.1. The van der Waals surface area contributed by atoms with Gasteiger partial charge in [-0.1, -0.05) is 30.3 Å². The number of carbonyl (C=O) groups excluding carboxylic acids is 1. The van der Waals surface area contributed by atoms with Gasteiger partial charge in [0.1, 0.15) is 5.82 Å². The summed E-state index contributed by atoms with van der Waals surface area (Å²) in [5.41, 5.74) is 0.336. The normalized spacial score (nSPS) is 13.3. The molecule has 1 N–H and O–H groups in total. The average Bonchev–Trinajstić information content (AvgIpc) is 2.48. The second kappa shape index (κ2) is 5.74. The summed E-state index contributed by atoms with van der Waals surface area (Å²) >= 11 is 0. The lowest BCUT2D eigenvalue weighted by Gasteiger charge is -2.29. The smallest absolute Gasteiger partial charge is 0.335 e. The molecule has 3 nitrogen and oxygen atoms in total. The van der Waals surface area contributed by atoms with Crippen LogP contribution in [0.1, 0.15) is 12.5 Å². The van der Waals surface area contributed by atoms with Crippen molar-refractivity contribution in [1.29, 1.82) is 0 Å². The minimum atomic E-state index is -1.08. The van der Waals surface area contributed by atoms with Gasteiger partial charge in [0.2, 0.25) is 0 Å². The molecular weight excluding hydrogens is 257 g/mol. The predicted octanol–water partition coefficient (Wildman–Crippen LogP) is 3.33. The lowest BCUT2D eigenvalue weighted by molar-refractivity contribution is -0.145. The Morgan fingerprint density at radius 1 is 1.10 bits per heavy atom. The van der Waals surface area contributed by atoms with E-state index in [0.717, 1.165) is 5.69 Å². The molecular formula is C16H16FNO2. The zero-order valence-corrected chi connectivity index (χ0v) is 11.4. The van der Waals surface area contributed by atoms with Crippen LogP contribution >= 0.6 is 0 Å². The number of anilines is 1. The largest absolute Gasteiger partial charge is 0.467 e. The molecule has 1 atom stereocenters. The van der Waals surface area contributed by atoms with E-state index in [0.29, 0.717) is 5.56 Å². The van der Waals surface area contributed by atoms with Crippen LogP contribution in [0.5, 0.6) is 0 Å². The monoisotopic (exact) mass is 273 g/mol. The van der Waals surface area contributed by atoms with E-state index < -0.39 is 11.5 Å². The number of methoxy groups -OCH3 is 1. The molecule has 1 unspecified atom stereocenters. The van der Waals surface area contributed by atoms with E-state index in [1.807, 2.05) is 30.3 Å². The van der Waals surface area contributed by atoms with Crippen molar-refractivity contribution in [2.45, 2.75) is 12.5 Å². The molecule has 2 aromatic rings. The third-order valence-electron chi connectivity index (χ3n) is 3.18. The van der Waals surface area contributed by atoms with Gasteiger partial charge in [0.25, 0.3) is 0 Å². The van der Waals surface area contributed by atoms with Crippen LogP contribution in [0.4, 0.5) is 10.1 Å². The topological polar surface area (TPSA) is 38.3 Å². The molecule has 0 spiro atoms. The number of para-hydroxylation sites is 1. The fourth-order valence-corrected chi connectivity index (χ4v) is 2.04. The Bertz CT molecular complexity index is 583. The SMILES string of the molecule is COC(=O)C(C)(Nc1ccccc1)c1ccc(F)cc1. The van der Waals surface area contributed by atoms with Crippen LogP contribution in [0.3, 0.4) is 0 Å². The molecule has 0 aliphatic rings. The molecule has 0 saturated heterocycles. The highest BCUT2D eigenvalue weighted by Crippen LogP contribution is 2.27. The fourth-order valence-electron chi connectivity index (χ4n) is 2.04. The maximum Gasteiger partial charge on any atom is 0.335 e. The molecule has 0 fully saturated rings. The summed E-state index contributed by atoms with van der Waals surface area (Å²) in [6, 6.07) is 15.1. The van der Waals surface area contributed by atoms with Gasteiger partial charge in [-0.15, -0.1) is 0 Å². The number of hydrogen-bond donors (Lipinski definition) is 1. The van der Waals surface area contributed by atoms with E-state index in [4.69, 9.17) is 4.74 Å². The van der Waals surface area contributed by atoms with Crippen molar-refractivity contribution in [3.8, 4) is 0 Å². The highest BCUT2D eigenvalue weighted by molar-refractivity contribution is 5.85. The van der Waals surface area contributed by atoms with Crippen molar-refractivity contribution in [3.63, 3.8) is 0 Å². The number of esters is 1. The van der Waals surface area contributed by atoms with E-state index in [2.05, 4.69) is 5.32 Å². The van der Waals surface area contributed by atoms with Crippen LogP contribution in [0.25, 0.3) is 0 Å². The number of benzene rings is 2. The molecule has 0 radical (unpaired) electrons. The zero-order chi connectivity index (χ0) is 14.6. The van der Waals surface area contributed by atoms with Gasteiger partial charge in [0, 0.05) is 5.69 Å². The molecule has 0 aliphatic carbocycles. The molecule has 0 heterocycles. The van der Waals surface area contributed by atoms with Gasteiger partial charge >= 0.3 is 5.97 Å². The van der Waals surface area contributed by atoms with Crippen molar-refractivity contribution in [2.75, 3.05) is 12.4 Å². The van der Waals surface area contributed by atoms with Gasteiger partial charge in [0.05, 0.1) is 7.11 Å². The second-order valence-corrected chi connectivity index (χ2v) is 4.61. The second-order valence-electron chi connectivity index (χ2n) is 4.61. The Kier molecular flexibility index (Phi) is 4.03. The van der Waals surface area contributed by atoms with Gasteiger partial charge in [-0.2, -0.15) is 0 Å². The van der Waals surface area contributed by atoms with Gasteiger partial charge in [-0.25, -0.2) is 9.18 Å². The maximum absolute atomic E-state index is 13.0. The van der Waals surface area contributed by atoms with E-state index in [1.54, 1.807) is 19.1 Å². The summed E-state index contributed by atoms with van der Waals surface area (Å²) in [4.78, 5) is 12.1. The number of ether oxygens (including phenoxy) is 1. The molecule has 0 bridgehead atoms.